The molecule has 1 aliphatic carbocycles. The van der Waals surface area contributed by atoms with Gasteiger partial charge in [0.25, 0.3) is 5.91 Å². The largest absolute Gasteiger partial charge is 0.349 e. The Morgan fingerprint density at radius 3 is 2.50 bits per heavy atom. The van der Waals surface area contributed by atoms with Crippen molar-refractivity contribution in [2.45, 2.75) is 18.9 Å². The van der Waals surface area contributed by atoms with Gasteiger partial charge >= 0.3 is 0 Å². The van der Waals surface area contributed by atoms with Crippen LogP contribution in [0.5, 0.6) is 0 Å². The maximum atomic E-state index is 14.9. The van der Waals surface area contributed by atoms with E-state index in [0.717, 1.165) is 18.9 Å². The highest BCUT2D eigenvalue weighted by atomic mass is 19.1. The van der Waals surface area contributed by atoms with E-state index in [2.05, 4.69) is 25.5 Å². The molecule has 2 aromatic heterocycles. The summed E-state index contributed by atoms with van der Waals surface area (Å²) < 4.78 is 42.8. The average Bonchev–Trinajstić information content (AvgIpc) is 3.55. The predicted octanol–water partition coefficient (Wildman–Crippen LogP) is 5.66. The van der Waals surface area contributed by atoms with E-state index in [1.54, 1.807) is 24.4 Å². The van der Waals surface area contributed by atoms with E-state index in [-0.39, 0.29) is 17.2 Å². The Morgan fingerprint density at radius 2 is 1.72 bits per heavy atom. The molecule has 2 N–H and O–H groups in total. The van der Waals surface area contributed by atoms with E-state index in [1.807, 2.05) is 6.07 Å². The molecule has 0 spiro atoms. The maximum Gasteiger partial charge on any atom is 0.254 e. The summed E-state index contributed by atoms with van der Waals surface area (Å²) in [5, 5.41) is 10.3. The minimum absolute atomic E-state index is 0.0194. The summed E-state index contributed by atoms with van der Waals surface area (Å²) in [6, 6.07) is 13.2. The molecule has 0 radical (unpaired) electrons. The second-order valence-corrected chi connectivity index (χ2v) is 8.68. The van der Waals surface area contributed by atoms with Crippen LogP contribution in [0, 0.1) is 17.5 Å². The number of aromatic amines is 1. The third-order valence-corrected chi connectivity index (χ3v) is 6.19. The van der Waals surface area contributed by atoms with Gasteiger partial charge in [0.1, 0.15) is 23.8 Å². The number of amides is 1. The number of halogens is 3. The first-order valence-corrected chi connectivity index (χ1v) is 11.3. The van der Waals surface area contributed by atoms with Crippen LogP contribution in [0.15, 0.2) is 67.1 Å². The fourth-order valence-corrected chi connectivity index (χ4v) is 4.19. The van der Waals surface area contributed by atoms with Gasteiger partial charge in [-0.05, 0) is 54.8 Å². The van der Waals surface area contributed by atoms with Gasteiger partial charge in [0.2, 0.25) is 0 Å². The number of carbonyl (C=O) groups excluding carboxylic acids is 1. The molecule has 2 heterocycles. The third kappa shape index (κ3) is 3.98. The van der Waals surface area contributed by atoms with Gasteiger partial charge in [-0.15, -0.1) is 0 Å². The van der Waals surface area contributed by atoms with Gasteiger partial charge in [-0.3, -0.25) is 9.89 Å². The number of carbonyl (C=O) groups is 1. The van der Waals surface area contributed by atoms with Crippen LogP contribution in [0.1, 0.15) is 23.2 Å². The third-order valence-electron chi connectivity index (χ3n) is 6.19. The van der Waals surface area contributed by atoms with E-state index >= 15 is 0 Å². The molecule has 0 bridgehead atoms. The van der Waals surface area contributed by atoms with Gasteiger partial charge in [-0.25, -0.2) is 23.1 Å². The molecule has 1 aliphatic rings. The summed E-state index contributed by atoms with van der Waals surface area (Å²) in [6.45, 7) is 0. The van der Waals surface area contributed by atoms with E-state index in [0.29, 0.717) is 39.0 Å². The number of hydrogen-bond acceptors (Lipinski definition) is 4. The van der Waals surface area contributed by atoms with Crippen molar-refractivity contribution in [2.75, 3.05) is 0 Å². The van der Waals surface area contributed by atoms with Crippen molar-refractivity contribution in [3.63, 3.8) is 0 Å². The van der Waals surface area contributed by atoms with Crippen molar-refractivity contribution < 1.29 is 18.0 Å². The number of H-pyrrole nitrogens is 1. The van der Waals surface area contributed by atoms with Crippen molar-refractivity contribution in [3.8, 4) is 33.6 Å². The Kier molecular flexibility index (Phi) is 5.25. The molecule has 1 amide bonds. The first kappa shape index (κ1) is 22.0. The molecule has 0 atom stereocenters. The second kappa shape index (κ2) is 8.60. The van der Waals surface area contributed by atoms with E-state index in [9.17, 15) is 18.0 Å². The highest BCUT2D eigenvalue weighted by molar-refractivity contribution is 5.98. The Balaban J connectivity index is 1.42. The van der Waals surface area contributed by atoms with Gasteiger partial charge in [0.15, 0.2) is 0 Å². The number of aromatic nitrogens is 4. The minimum atomic E-state index is -0.716. The smallest absolute Gasteiger partial charge is 0.254 e. The van der Waals surface area contributed by atoms with Crippen LogP contribution in [0.4, 0.5) is 13.2 Å². The lowest BCUT2D eigenvalue weighted by Crippen LogP contribution is -2.26. The minimum Gasteiger partial charge on any atom is -0.349 e. The monoisotopic (exact) mass is 485 g/mol. The van der Waals surface area contributed by atoms with Gasteiger partial charge in [0.05, 0.1) is 28.7 Å². The van der Waals surface area contributed by atoms with Gasteiger partial charge in [-0.2, -0.15) is 5.10 Å². The van der Waals surface area contributed by atoms with Gasteiger partial charge in [0, 0.05) is 34.2 Å². The molecule has 5 aromatic rings. The number of hydrogen-bond donors (Lipinski definition) is 2. The van der Waals surface area contributed by atoms with E-state index in [4.69, 9.17) is 0 Å². The Morgan fingerprint density at radius 1 is 0.889 bits per heavy atom. The molecular formula is C27H18F3N5O. The molecule has 0 aliphatic heterocycles. The summed E-state index contributed by atoms with van der Waals surface area (Å²) in [6.07, 6.45) is 4.76. The number of fused-ring (bicyclic) bond motifs is 1. The highest BCUT2D eigenvalue weighted by Crippen LogP contribution is 2.35. The molecule has 178 valence electrons. The van der Waals surface area contributed by atoms with Crippen molar-refractivity contribution in [1.82, 2.24) is 25.5 Å². The van der Waals surface area contributed by atoms with Crippen LogP contribution in [-0.4, -0.2) is 32.1 Å². The van der Waals surface area contributed by atoms with Crippen LogP contribution >= 0.6 is 0 Å². The zero-order valence-corrected chi connectivity index (χ0v) is 18.7. The Hall–Kier alpha value is -4.53. The average molecular weight is 485 g/mol. The zero-order chi connectivity index (χ0) is 24.8. The first-order valence-electron chi connectivity index (χ1n) is 11.3. The summed E-state index contributed by atoms with van der Waals surface area (Å²) in [5.41, 5.74) is 3.41. The molecule has 3 aromatic carbocycles. The number of nitrogens with zero attached hydrogens (tertiary/aromatic N) is 3. The molecule has 6 rings (SSSR count). The number of rotatable bonds is 5. The molecule has 0 saturated heterocycles. The van der Waals surface area contributed by atoms with E-state index in [1.165, 1.54) is 30.6 Å². The lowest BCUT2D eigenvalue weighted by Gasteiger charge is -2.10. The van der Waals surface area contributed by atoms with Crippen molar-refractivity contribution >= 4 is 16.8 Å². The topological polar surface area (TPSA) is 83.6 Å². The fraction of sp³-hybridized carbons (Fsp3) is 0.111. The van der Waals surface area contributed by atoms with Crippen LogP contribution in [0.2, 0.25) is 0 Å². The van der Waals surface area contributed by atoms with Crippen LogP contribution in [-0.2, 0) is 0 Å². The second-order valence-electron chi connectivity index (χ2n) is 8.68. The number of nitrogens with one attached hydrogen (secondary N) is 2. The molecule has 0 unspecified atom stereocenters. The normalized spacial score (nSPS) is 13.2. The summed E-state index contributed by atoms with van der Waals surface area (Å²) in [7, 11) is 0. The highest BCUT2D eigenvalue weighted by Gasteiger charge is 2.25. The first-order chi connectivity index (χ1) is 17.5. The van der Waals surface area contributed by atoms with E-state index < -0.39 is 23.4 Å². The van der Waals surface area contributed by atoms with Crippen molar-refractivity contribution in [2.24, 2.45) is 0 Å². The Labute approximate surface area is 203 Å². The van der Waals surface area contributed by atoms with Crippen LogP contribution in [0.25, 0.3) is 44.5 Å². The van der Waals surface area contributed by atoms with Crippen LogP contribution < -0.4 is 5.32 Å². The molecular weight excluding hydrogens is 467 g/mol. The predicted molar refractivity (Wildman–Crippen MR) is 128 cm³/mol. The quantitative estimate of drug-likeness (QED) is 0.336. The fourth-order valence-electron chi connectivity index (χ4n) is 4.19. The summed E-state index contributed by atoms with van der Waals surface area (Å²) in [5.74, 6) is -2.46. The zero-order valence-electron chi connectivity index (χ0n) is 18.7. The lowest BCUT2D eigenvalue weighted by molar-refractivity contribution is 0.0947. The molecule has 1 fully saturated rings. The van der Waals surface area contributed by atoms with Crippen LogP contribution in [0.3, 0.4) is 0 Å². The van der Waals surface area contributed by atoms with Gasteiger partial charge in [-0.1, -0.05) is 12.1 Å². The lowest BCUT2D eigenvalue weighted by atomic mass is 9.98. The molecule has 1 saturated carbocycles. The SMILES string of the molecule is O=C(NC1CC1)c1ccc(-c2ncnc3ccc(-c4cn[nH]c4-c4ccc(F)cc4F)cc23)cc1F. The Bertz CT molecular complexity index is 1640. The standard InChI is InChI=1S/C27H18F3N5O/c28-16-3-7-18(23(30)11-16)26-21(12-33-35-26)14-2-8-24-20(9-14)25(32-13-31-24)15-1-6-19(22(29)10-15)27(36)34-17-4-5-17/h1-3,6-13,17H,4-5H2,(H,33,35)(H,34,36). The summed E-state index contributed by atoms with van der Waals surface area (Å²) >= 11 is 0. The van der Waals surface area contributed by atoms with Crippen molar-refractivity contribution in [3.05, 3.63) is 90.1 Å². The molecule has 36 heavy (non-hydrogen) atoms. The summed E-state index contributed by atoms with van der Waals surface area (Å²) in [4.78, 5) is 21.0. The van der Waals surface area contributed by atoms with Gasteiger partial charge < -0.3 is 5.32 Å². The maximum absolute atomic E-state index is 14.9. The molecule has 6 nitrogen and oxygen atoms in total. The van der Waals surface area contributed by atoms with Crippen molar-refractivity contribution in [1.29, 1.82) is 0 Å². The number of benzene rings is 3. The molecule has 9 heteroatoms.